The Bertz CT molecular complexity index is 272. The zero-order valence-corrected chi connectivity index (χ0v) is 12.0. The number of nitrogens with one attached hydrogen (secondary N) is 1. The summed E-state index contributed by atoms with van der Waals surface area (Å²) in [4.78, 5) is 4.81. The van der Waals surface area contributed by atoms with E-state index in [-0.39, 0.29) is 0 Å². The van der Waals surface area contributed by atoms with Crippen molar-refractivity contribution in [2.24, 2.45) is 10.9 Å². The molecule has 0 amide bonds. The number of nitrogens with zero attached hydrogens (tertiary/aromatic N) is 1. The molecular weight excluding hydrogens is 224 g/mol. The molecule has 1 N–H and O–H groups in total. The van der Waals surface area contributed by atoms with Gasteiger partial charge < -0.3 is 10.1 Å². The van der Waals surface area contributed by atoms with E-state index >= 15 is 0 Å². The molecule has 3 heteroatoms. The molecule has 104 valence electrons. The Labute approximate surface area is 111 Å². The van der Waals surface area contributed by atoms with Gasteiger partial charge in [-0.05, 0) is 31.6 Å². The Morgan fingerprint density at radius 2 is 1.67 bits per heavy atom. The Morgan fingerprint density at radius 3 is 2.33 bits per heavy atom. The highest BCUT2D eigenvalue weighted by Gasteiger charge is 2.22. The van der Waals surface area contributed by atoms with Crippen LogP contribution in [0.4, 0.5) is 0 Å². The molecule has 0 aromatic carbocycles. The zero-order valence-electron chi connectivity index (χ0n) is 12.0. The molecule has 2 aliphatic carbocycles. The van der Waals surface area contributed by atoms with E-state index in [1.807, 2.05) is 0 Å². The Morgan fingerprint density at radius 1 is 1.00 bits per heavy atom. The van der Waals surface area contributed by atoms with Gasteiger partial charge in [0, 0.05) is 6.04 Å². The van der Waals surface area contributed by atoms with E-state index in [0.29, 0.717) is 18.0 Å². The van der Waals surface area contributed by atoms with Crippen molar-refractivity contribution in [3.63, 3.8) is 0 Å². The summed E-state index contributed by atoms with van der Waals surface area (Å²) in [6.45, 7) is 2.32. The first-order chi connectivity index (χ1) is 8.79. The van der Waals surface area contributed by atoms with Crippen LogP contribution in [-0.2, 0) is 4.74 Å². The summed E-state index contributed by atoms with van der Waals surface area (Å²) in [5.74, 6) is 0.706. The maximum atomic E-state index is 5.44. The number of aliphatic imine (C=N–C) groups is 1. The van der Waals surface area contributed by atoms with E-state index in [9.17, 15) is 0 Å². The van der Waals surface area contributed by atoms with Gasteiger partial charge in [-0.1, -0.05) is 39.0 Å². The molecule has 2 rings (SSSR count). The Balaban J connectivity index is 1.89. The first-order valence-electron chi connectivity index (χ1n) is 7.68. The molecule has 18 heavy (non-hydrogen) atoms. The average Bonchev–Trinajstić information content (AvgIpc) is 2.41. The molecule has 0 saturated heterocycles. The molecule has 0 spiro atoms. The van der Waals surface area contributed by atoms with Crippen molar-refractivity contribution in [1.82, 2.24) is 5.32 Å². The molecule has 0 aromatic rings. The topological polar surface area (TPSA) is 33.6 Å². The van der Waals surface area contributed by atoms with Gasteiger partial charge in [-0.25, -0.2) is 4.99 Å². The molecular formula is C15H28N2O. The van der Waals surface area contributed by atoms with E-state index < -0.39 is 0 Å². The van der Waals surface area contributed by atoms with Crippen LogP contribution in [0.2, 0.25) is 0 Å². The summed E-state index contributed by atoms with van der Waals surface area (Å²) in [7, 11) is 1.74. The fraction of sp³-hybridized carbons (Fsp3) is 0.933. The van der Waals surface area contributed by atoms with Crippen molar-refractivity contribution >= 4 is 6.02 Å². The maximum absolute atomic E-state index is 5.44. The first-order valence-corrected chi connectivity index (χ1v) is 7.68. The minimum atomic E-state index is 0.463. The molecule has 0 radical (unpaired) electrons. The molecule has 0 aromatic heterocycles. The van der Waals surface area contributed by atoms with Crippen LogP contribution in [-0.4, -0.2) is 25.2 Å². The van der Waals surface area contributed by atoms with Crippen LogP contribution < -0.4 is 5.32 Å². The normalized spacial score (nSPS) is 31.1. The highest BCUT2D eigenvalue weighted by Crippen LogP contribution is 2.26. The lowest BCUT2D eigenvalue weighted by Gasteiger charge is -2.28. The SMILES string of the molecule is COC(=NC1CCCCC1C)NC1CCCCC1. The number of amidine groups is 1. The van der Waals surface area contributed by atoms with Gasteiger partial charge in [0.15, 0.2) is 0 Å². The molecule has 0 heterocycles. The summed E-state index contributed by atoms with van der Waals surface area (Å²) in [5.41, 5.74) is 0. The van der Waals surface area contributed by atoms with E-state index in [2.05, 4.69) is 12.2 Å². The highest BCUT2D eigenvalue weighted by atomic mass is 16.5. The average molecular weight is 252 g/mol. The number of methoxy groups -OCH3 is 1. The van der Waals surface area contributed by atoms with Gasteiger partial charge in [0.25, 0.3) is 6.02 Å². The molecule has 0 bridgehead atoms. The first kappa shape index (κ1) is 13.7. The van der Waals surface area contributed by atoms with Gasteiger partial charge in [-0.3, -0.25) is 0 Å². The summed E-state index contributed by atoms with van der Waals surface area (Å²) in [5, 5.41) is 3.50. The minimum Gasteiger partial charge on any atom is -0.469 e. The van der Waals surface area contributed by atoms with Crippen LogP contribution in [0.1, 0.15) is 64.7 Å². The van der Waals surface area contributed by atoms with Gasteiger partial charge in [0.05, 0.1) is 13.2 Å². The van der Waals surface area contributed by atoms with E-state index in [4.69, 9.17) is 9.73 Å². The predicted molar refractivity (Wildman–Crippen MR) is 75.9 cm³/mol. The van der Waals surface area contributed by atoms with Crippen LogP contribution in [0.15, 0.2) is 4.99 Å². The smallest absolute Gasteiger partial charge is 0.284 e. The number of hydrogen-bond donors (Lipinski definition) is 1. The lowest BCUT2D eigenvalue weighted by molar-refractivity contribution is 0.304. The fourth-order valence-corrected chi connectivity index (χ4v) is 3.21. The van der Waals surface area contributed by atoms with Crippen LogP contribution in [0.3, 0.4) is 0 Å². The zero-order chi connectivity index (χ0) is 12.8. The largest absolute Gasteiger partial charge is 0.469 e. The van der Waals surface area contributed by atoms with E-state index in [1.54, 1.807) is 7.11 Å². The van der Waals surface area contributed by atoms with Gasteiger partial charge >= 0.3 is 0 Å². The summed E-state index contributed by atoms with van der Waals surface area (Å²) >= 11 is 0. The van der Waals surface area contributed by atoms with Crippen LogP contribution in [0.5, 0.6) is 0 Å². The fourth-order valence-electron chi connectivity index (χ4n) is 3.21. The van der Waals surface area contributed by atoms with Crippen molar-refractivity contribution in [3.05, 3.63) is 0 Å². The number of ether oxygens (including phenoxy) is 1. The number of hydrogen-bond acceptors (Lipinski definition) is 2. The lowest BCUT2D eigenvalue weighted by atomic mass is 9.86. The van der Waals surface area contributed by atoms with Crippen molar-refractivity contribution in [3.8, 4) is 0 Å². The monoisotopic (exact) mass is 252 g/mol. The van der Waals surface area contributed by atoms with Crippen LogP contribution in [0, 0.1) is 5.92 Å². The molecule has 0 aliphatic heterocycles. The summed E-state index contributed by atoms with van der Waals surface area (Å²) in [6, 6.07) is 1.82. The van der Waals surface area contributed by atoms with Gasteiger partial charge in [0.1, 0.15) is 0 Å². The summed E-state index contributed by atoms with van der Waals surface area (Å²) in [6.07, 6.45) is 11.8. The van der Waals surface area contributed by atoms with Crippen LogP contribution in [0.25, 0.3) is 0 Å². The van der Waals surface area contributed by atoms with Gasteiger partial charge in [0.2, 0.25) is 0 Å². The van der Waals surface area contributed by atoms with Crippen molar-refractivity contribution in [2.45, 2.75) is 76.8 Å². The third kappa shape index (κ3) is 3.89. The molecule has 2 atom stereocenters. The second-order valence-corrected chi connectivity index (χ2v) is 5.95. The quantitative estimate of drug-likeness (QED) is 0.603. The van der Waals surface area contributed by atoms with E-state index in [1.165, 1.54) is 57.8 Å². The van der Waals surface area contributed by atoms with Gasteiger partial charge in [-0.15, -0.1) is 0 Å². The van der Waals surface area contributed by atoms with Gasteiger partial charge in [-0.2, -0.15) is 0 Å². The molecule has 2 aliphatic rings. The Hall–Kier alpha value is -0.730. The Kier molecular flexibility index (Phi) is 5.33. The minimum absolute atomic E-state index is 0.463. The van der Waals surface area contributed by atoms with E-state index in [0.717, 1.165) is 6.02 Å². The van der Waals surface area contributed by atoms with Crippen molar-refractivity contribution in [1.29, 1.82) is 0 Å². The second-order valence-electron chi connectivity index (χ2n) is 5.95. The second kappa shape index (κ2) is 7.01. The van der Waals surface area contributed by atoms with Crippen molar-refractivity contribution in [2.75, 3.05) is 7.11 Å². The molecule has 2 saturated carbocycles. The highest BCUT2D eigenvalue weighted by molar-refractivity contribution is 5.74. The van der Waals surface area contributed by atoms with Crippen LogP contribution >= 0.6 is 0 Å². The summed E-state index contributed by atoms with van der Waals surface area (Å²) < 4.78 is 5.44. The third-order valence-electron chi connectivity index (χ3n) is 4.48. The lowest BCUT2D eigenvalue weighted by Crippen LogP contribution is -2.38. The number of rotatable bonds is 2. The predicted octanol–water partition coefficient (Wildman–Crippen LogP) is 3.49. The third-order valence-corrected chi connectivity index (χ3v) is 4.48. The van der Waals surface area contributed by atoms with Crippen molar-refractivity contribution < 1.29 is 4.74 Å². The standard InChI is InChI=1S/C15H28N2O/c1-12-8-6-7-11-14(12)17-15(18-2)16-13-9-4-3-5-10-13/h12-14H,3-11H2,1-2H3,(H,16,17). The molecule has 2 unspecified atom stereocenters. The molecule has 3 nitrogen and oxygen atoms in total. The molecule has 2 fully saturated rings. The maximum Gasteiger partial charge on any atom is 0.284 e.